The number of benzene rings is 2. The fourth-order valence-corrected chi connectivity index (χ4v) is 5.60. The van der Waals surface area contributed by atoms with Gasteiger partial charge in [0.25, 0.3) is 17.7 Å². The summed E-state index contributed by atoms with van der Waals surface area (Å²) in [5, 5.41) is 2.78. The molecule has 1 aliphatic heterocycles. The molecule has 34 heavy (non-hydrogen) atoms. The quantitative estimate of drug-likeness (QED) is 0.653. The highest BCUT2D eigenvalue weighted by Gasteiger charge is 2.40. The Bertz CT molecular complexity index is 1290. The van der Waals surface area contributed by atoms with E-state index in [2.05, 4.69) is 5.32 Å². The van der Waals surface area contributed by atoms with Gasteiger partial charge in [0.15, 0.2) is 0 Å². The fraction of sp³-hybridized carbons (Fsp3) is 0.400. The third-order valence-corrected chi connectivity index (χ3v) is 8.58. The van der Waals surface area contributed by atoms with Crippen molar-refractivity contribution in [2.45, 2.75) is 56.9 Å². The molecule has 0 saturated heterocycles. The topological polar surface area (TPSA) is 104 Å². The zero-order valence-corrected chi connectivity index (χ0v) is 20.7. The summed E-state index contributed by atoms with van der Waals surface area (Å²) in [5.41, 5.74) is 2.61. The highest BCUT2D eigenvalue weighted by molar-refractivity contribution is 7.89. The van der Waals surface area contributed by atoms with Gasteiger partial charge in [-0.1, -0.05) is 19.3 Å². The molecule has 1 heterocycles. The maximum absolute atomic E-state index is 13.1. The minimum absolute atomic E-state index is 0.0775. The lowest BCUT2D eigenvalue weighted by Crippen LogP contribution is -2.40. The molecular weight excluding hydrogens is 454 g/mol. The number of hydrogen-bond acceptors (Lipinski definition) is 5. The van der Waals surface area contributed by atoms with Gasteiger partial charge < -0.3 is 5.32 Å². The molecule has 0 atom stereocenters. The molecule has 1 fully saturated rings. The number of hydrogen-bond donors (Lipinski definition) is 1. The van der Waals surface area contributed by atoms with E-state index in [-0.39, 0.29) is 33.9 Å². The van der Waals surface area contributed by atoms with Gasteiger partial charge >= 0.3 is 0 Å². The fourth-order valence-electron chi connectivity index (χ4n) is 4.58. The van der Waals surface area contributed by atoms with E-state index in [1.165, 1.54) is 43.3 Å². The van der Waals surface area contributed by atoms with Gasteiger partial charge in [0.2, 0.25) is 10.0 Å². The van der Waals surface area contributed by atoms with Crippen molar-refractivity contribution >= 4 is 33.4 Å². The van der Waals surface area contributed by atoms with Crippen LogP contribution in [0.25, 0.3) is 0 Å². The van der Waals surface area contributed by atoms with Crippen LogP contribution in [0, 0.1) is 13.8 Å². The van der Waals surface area contributed by atoms with E-state index in [1.807, 2.05) is 0 Å². The molecule has 2 aromatic rings. The molecule has 0 radical (unpaired) electrons. The third kappa shape index (κ3) is 4.14. The van der Waals surface area contributed by atoms with Gasteiger partial charge in [-0.05, 0) is 68.1 Å². The smallest absolute Gasteiger partial charge is 0.261 e. The summed E-state index contributed by atoms with van der Waals surface area (Å²) in [6.45, 7) is 3.57. The Hall–Kier alpha value is -3.04. The van der Waals surface area contributed by atoms with Crippen LogP contribution in [0.5, 0.6) is 0 Å². The highest BCUT2D eigenvalue weighted by atomic mass is 32.2. The standard InChI is InChI=1S/C25H29N3O5S/c1-15-12-19(34(32,33)27(3)4)14-22(16(15)2)26-23(29)17-10-11-20-21(13-17)25(31)28(24(20)30)18-8-6-5-7-9-18/h10-14,18H,5-9H2,1-4H3,(H,26,29). The van der Waals surface area contributed by atoms with Gasteiger partial charge in [0.05, 0.1) is 16.0 Å². The van der Waals surface area contributed by atoms with Gasteiger partial charge in [0.1, 0.15) is 0 Å². The van der Waals surface area contributed by atoms with E-state index in [9.17, 15) is 22.8 Å². The van der Waals surface area contributed by atoms with Crippen LogP contribution in [0.15, 0.2) is 35.2 Å². The second kappa shape index (κ2) is 8.96. The van der Waals surface area contributed by atoms with Crippen molar-refractivity contribution in [2.75, 3.05) is 19.4 Å². The van der Waals surface area contributed by atoms with E-state index < -0.39 is 15.9 Å². The van der Waals surface area contributed by atoms with E-state index in [0.29, 0.717) is 11.3 Å². The summed E-state index contributed by atoms with van der Waals surface area (Å²) >= 11 is 0. The number of fused-ring (bicyclic) bond motifs is 1. The zero-order valence-electron chi connectivity index (χ0n) is 19.8. The molecule has 3 amide bonds. The molecule has 4 rings (SSSR count). The summed E-state index contributed by atoms with van der Waals surface area (Å²) in [4.78, 5) is 40.4. The highest BCUT2D eigenvalue weighted by Crippen LogP contribution is 2.32. The minimum atomic E-state index is -3.68. The zero-order chi connectivity index (χ0) is 24.8. The van der Waals surface area contributed by atoms with Crippen LogP contribution < -0.4 is 5.32 Å². The average Bonchev–Trinajstić information content (AvgIpc) is 3.06. The van der Waals surface area contributed by atoms with E-state index in [0.717, 1.165) is 47.5 Å². The third-order valence-electron chi connectivity index (χ3n) is 6.79. The molecule has 180 valence electrons. The van der Waals surface area contributed by atoms with Crippen LogP contribution in [0.1, 0.15) is 74.3 Å². The largest absolute Gasteiger partial charge is 0.322 e. The number of carbonyl (C=O) groups is 3. The van der Waals surface area contributed by atoms with E-state index >= 15 is 0 Å². The predicted octanol–water partition coefficient (Wildman–Crippen LogP) is 3.73. The first-order valence-electron chi connectivity index (χ1n) is 11.4. The SMILES string of the molecule is Cc1cc(S(=O)(=O)N(C)C)cc(NC(=O)c2ccc3c(c2)C(=O)N(C2CCCCC2)C3=O)c1C. The van der Waals surface area contributed by atoms with Crippen LogP contribution in [0.2, 0.25) is 0 Å². The van der Waals surface area contributed by atoms with Crippen molar-refractivity contribution in [3.8, 4) is 0 Å². The summed E-state index contributed by atoms with van der Waals surface area (Å²) in [6.07, 6.45) is 4.72. The maximum atomic E-state index is 13.1. The van der Waals surface area contributed by atoms with Gasteiger partial charge in [-0.2, -0.15) is 0 Å². The number of nitrogens with one attached hydrogen (secondary N) is 1. The monoisotopic (exact) mass is 483 g/mol. The second-order valence-electron chi connectivity index (χ2n) is 9.19. The molecule has 0 bridgehead atoms. The number of carbonyl (C=O) groups excluding carboxylic acids is 3. The lowest BCUT2D eigenvalue weighted by molar-refractivity contribution is 0.0548. The van der Waals surface area contributed by atoms with Gasteiger partial charge in [-0.3, -0.25) is 19.3 Å². The Kier molecular flexibility index (Phi) is 6.35. The van der Waals surface area contributed by atoms with Crippen LogP contribution in [0.3, 0.4) is 0 Å². The maximum Gasteiger partial charge on any atom is 0.261 e. The minimum Gasteiger partial charge on any atom is -0.322 e. The van der Waals surface area contributed by atoms with Crippen LogP contribution >= 0.6 is 0 Å². The first kappa shape index (κ1) is 24.1. The first-order chi connectivity index (χ1) is 16.0. The molecule has 0 aromatic heterocycles. The number of amides is 3. The number of aryl methyl sites for hydroxylation is 1. The van der Waals surface area contributed by atoms with Crippen molar-refractivity contribution in [3.63, 3.8) is 0 Å². The first-order valence-corrected chi connectivity index (χ1v) is 12.8. The van der Waals surface area contributed by atoms with Crippen molar-refractivity contribution in [1.29, 1.82) is 0 Å². The second-order valence-corrected chi connectivity index (χ2v) is 11.3. The summed E-state index contributed by atoms with van der Waals surface area (Å²) in [7, 11) is -0.790. The molecule has 2 aliphatic rings. The van der Waals surface area contributed by atoms with Gasteiger partial charge in [-0.25, -0.2) is 12.7 Å². The van der Waals surface area contributed by atoms with Crippen molar-refractivity contribution in [2.24, 2.45) is 0 Å². The predicted molar refractivity (Wildman–Crippen MR) is 129 cm³/mol. The van der Waals surface area contributed by atoms with E-state index in [4.69, 9.17) is 0 Å². The van der Waals surface area contributed by atoms with Crippen LogP contribution in [0.4, 0.5) is 5.69 Å². The molecule has 0 spiro atoms. The molecule has 0 unspecified atom stereocenters. The van der Waals surface area contributed by atoms with Crippen molar-refractivity contribution < 1.29 is 22.8 Å². The summed E-state index contributed by atoms with van der Waals surface area (Å²) in [6, 6.07) is 7.41. The normalized spacial score (nSPS) is 16.8. The molecule has 1 saturated carbocycles. The Balaban J connectivity index is 1.62. The molecule has 9 heteroatoms. The van der Waals surface area contributed by atoms with Crippen LogP contribution in [-0.4, -0.2) is 55.5 Å². The lowest BCUT2D eigenvalue weighted by Gasteiger charge is -2.29. The lowest BCUT2D eigenvalue weighted by atomic mass is 9.94. The number of sulfonamides is 1. The Morgan fingerprint density at radius 2 is 1.62 bits per heavy atom. The van der Waals surface area contributed by atoms with Gasteiger partial charge in [-0.15, -0.1) is 0 Å². The molecule has 1 aliphatic carbocycles. The number of imide groups is 1. The summed E-state index contributed by atoms with van der Waals surface area (Å²) < 4.78 is 26.3. The average molecular weight is 484 g/mol. The number of rotatable bonds is 5. The Morgan fingerprint density at radius 3 is 2.26 bits per heavy atom. The van der Waals surface area contributed by atoms with Crippen molar-refractivity contribution in [3.05, 3.63) is 58.1 Å². The number of anilines is 1. The van der Waals surface area contributed by atoms with Crippen molar-refractivity contribution in [1.82, 2.24) is 9.21 Å². The van der Waals surface area contributed by atoms with Crippen LogP contribution in [-0.2, 0) is 10.0 Å². The molecule has 8 nitrogen and oxygen atoms in total. The number of nitrogens with zero attached hydrogens (tertiary/aromatic N) is 2. The molecular formula is C25H29N3O5S. The summed E-state index contributed by atoms with van der Waals surface area (Å²) in [5.74, 6) is -1.14. The Morgan fingerprint density at radius 1 is 0.971 bits per heavy atom. The van der Waals surface area contributed by atoms with E-state index in [1.54, 1.807) is 19.9 Å². The molecule has 2 aromatic carbocycles. The van der Waals surface area contributed by atoms with Gasteiger partial charge in [0, 0.05) is 31.4 Å². The molecule has 1 N–H and O–H groups in total. The Labute approximate surface area is 200 Å².